The Kier molecular flexibility index (Phi) is 7.52. The van der Waals surface area contributed by atoms with Crippen LogP contribution in [0, 0.1) is 0 Å². The van der Waals surface area contributed by atoms with Crippen LogP contribution in [0.4, 0.5) is 11.4 Å². The Labute approximate surface area is 214 Å². The molecule has 162 valence electrons. The number of fused-ring (bicyclic) bond motifs is 1. The van der Waals surface area contributed by atoms with Crippen molar-refractivity contribution < 1.29 is 9.59 Å². The Morgan fingerprint density at radius 1 is 1.03 bits per heavy atom. The average Bonchev–Trinajstić information content (AvgIpc) is 3.17. The highest BCUT2D eigenvalue weighted by atomic mass is 79.9. The van der Waals surface area contributed by atoms with E-state index in [-0.39, 0.29) is 17.6 Å². The van der Waals surface area contributed by atoms with Gasteiger partial charge < -0.3 is 10.6 Å². The number of nitrogens with one attached hydrogen (secondary N) is 2. The maximum atomic E-state index is 12.5. The maximum absolute atomic E-state index is 12.5. The molecular formula is C22H14Br2ClN3O2S2. The third kappa shape index (κ3) is 5.71. The molecule has 4 aromatic rings. The lowest BCUT2D eigenvalue weighted by atomic mass is 10.2. The van der Waals surface area contributed by atoms with Crippen LogP contribution in [0.15, 0.2) is 73.9 Å². The van der Waals surface area contributed by atoms with Crippen LogP contribution in [-0.2, 0) is 4.79 Å². The molecule has 0 aliphatic carbocycles. The maximum Gasteiger partial charge on any atom is 0.256 e. The molecule has 0 fully saturated rings. The Hall–Kier alpha value is -1.91. The smallest absolute Gasteiger partial charge is 0.256 e. The molecule has 0 aliphatic rings. The zero-order valence-electron chi connectivity index (χ0n) is 16.2. The molecule has 0 radical (unpaired) electrons. The highest BCUT2D eigenvalue weighted by molar-refractivity contribution is 9.10. The monoisotopic (exact) mass is 609 g/mol. The van der Waals surface area contributed by atoms with E-state index in [9.17, 15) is 9.59 Å². The summed E-state index contributed by atoms with van der Waals surface area (Å²) < 4.78 is 3.27. The number of benzene rings is 3. The number of hydrogen-bond acceptors (Lipinski definition) is 5. The molecule has 0 aliphatic heterocycles. The van der Waals surface area contributed by atoms with Crippen LogP contribution in [0.2, 0.25) is 5.02 Å². The number of aromatic nitrogens is 1. The zero-order valence-corrected chi connectivity index (χ0v) is 21.8. The number of nitrogens with zero attached hydrogens (tertiary/aromatic N) is 1. The second kappa shape index (κ2) is 10.4. The number of amides is 2. The molecule has 1 aromatic heterocycles. The molecule has 0 unspecified atom stereocenters. The summed E-state index contributed by atoms with van der Waals surface area (Å²) in [4.78, 5) is 29.4. The third-order valence-corrected chi connectivity index (χ3v) is 7.94. The Morgan fingerprint density at radius 3 is 2.62 bits per heavy atom. The fraction of sp³-hybridized carbons (Fsp3) is 0.0455. The van der Waals surface area contributed by atoms with Crippen molar-refractivity contribution in [2.75, 3.05) is 16.4 Å². The van der Waals surface area contributed by atoms with Gasteiger partial charge >= 0.3 is 0 Å². The highest BCUT2D eigenvalue weighted by Gasteiger charge is 2.13. The molecule has 5 nitrogen and oxygen atoms in total. The van der Waals surface area contributed by atoms with Crippen LogP contribution in [-0.4, -0.2) is 22.6 Å². The van der Waals surface area contributed by atoms with Gasteiger partial charge in [-0.15, -0.1) is 11.3 Å². The van der Waals surface area contributed by atoms with E-state index in [1.54, 1.807) is 18.2 Å². The predicted molar refractivity (Wildman–Crippen MR) is 140 cm³/mol. The van der Waals surface area contributed by atoms with Gasteiger partial charge in [0, 0.05) is 14.6 Å². The van der Waals surface area contributed by atoms with Crippen molar-refractivity contribution in [3.8, 4) is 0 Å². The van der Waals surface area contributed by atoms with Crippen LogP contribution >= 0.6 is 66.6 Å². The van der Waals surface area contributed by atoms with Crippen LogP contribution in [0.1, 0.15) is 10.4 Å². The summed E-state index contributed by atoms with van der Waals surface area (Å²) in [6.45, 7) is 0. The molecule has 2 amide bonds. The van der Waals surface area contributed by atoms with Crippen LogP contribution in [0.3, 0.4) is 0 Å². The number of thioether (sulfide) groups is 1. The van der Waals surface area contributed by atoms with Gasteiger partial charge in [0.05, 0.1) is 32.2 Å². The minimum Gasteiger partial charge on any atom is -0.324 e. The second-order valence-corrected chi connectivity index (χ2v) is 11.0. The lowest BCUT2D eigenvalue weighted by Crippen LogP contribution is -2.14. The molecule has 4 rings (SSSR count). The summed E-state index contributed by atoms with van der Waals surface area (Å²) in [5, 5.41) is 6.18. The first-order valence-corrected chi connectivity index (χ1v) is 13.0. The van der Waals surface area contributed by atoms with Gasteiger partial charge in [0.1, 0.15) is 0 Å². The van der Waals surface area contributed by atoms with Crippen molar-refractivity contribution in [1.29, 1.82) is 0 Å². The number of hydrogen-bond donors (Lipinski definition) is 2. The summed E-state index contributed by atoms with van der Waals surface area (Å²) >= 11 is 15.7. The summed E-state index contributed by atoms with van der Waals surface area (Å²) in [6.07, 6.45) is 0. The lowest BCUT2D eigenvalue weighted by molar-refractivity contribution is -0.113. The van der Waals surface area contributed by atoms with E-state index in [4.69, 9.17) is 11.6 Å². The van der Waals surface area contributed by atoms with E-state index in [1.165, 1.54) is 23.1 Å². The molecule has 3 aromatic carbocycles. The number of carbonyl (C=O) groups is 2. The average molecular weight is 612 g/mol. The lowest BCUT2D eigenvalue weighted by Gasteiger charge is -2.06. The SMILES string of the molecule is O=C(CSc1nc2ccc(NC(=O)c3ccccc3Br)cc2s1)Nc1ccc(Br)cc1Cl. The van der Waals surface area contributed by atoms with Crippen molar-refractivity contribution in [3.05, 3.63) is 80.2 Å². The first-order valence-electron chi connectivity index (χ1n) is 9.23. The van der Waals surface area contributed by atoms with Gasteiger partial charge in [-0.1, -0.05) is 51.4 Å². The standard InChI is InChI=1S/C22H14Br2ClN3O2S2/c23-12-5-7-17(16(25)9-12)27-20(29)11-31-22-28-18-8-6-13(10-19(18)32-22)26-21(30)14-3-1-2-4-15(14)24/h1-10H,11H2,(H,26,30)(H,27,29). The molecule has 0 saturated carbocycles. The second-order valence-electron chi connectivity index (χ2n) is 6.56. The van der Waals surface area contributed by atoms with Crippen molar-refractivity contribution in [2.24, 2.45) is 0 Å². The molecule has 32 heavy (non-hydrogen) atoms. The minimum atomic E-state index is -0.195. The molecule has 1 heterocycles. The van der Waals surface area contributed by atoms with Crippen LogP contribution in [0.5, 0.6) is 0 Å². The van der Waals surface area contributed by atoms with E-state index < -0.39 is 0 Å². The fourth-order valence-electron chi connectivity index (χ4n) is 2.79. The first kappa shape index (κ1) is 23.3. The number of rotatable bonds is 6. The predicted octanol–water partition coefficient (Wildman–Crippen LogP) is 7.46. The molecule has 10 heteroatoms. The van der Waals surface area contributed by atoms with E-state index in [1.807, 2.05) is 42.5 Å². The van der Waals surface area contributed by atoms with Gasteiger partial charge in [-0.25, -0.2) is 4.98 Å². The van der Waals surface area contributed by atoms with E-state index in [2.05, 4.69) is 47.5 Å². The van der Waals surface area contributed by atoms with Gasteiger partial charge in [-0.3, -0.25) is 9.59 Å². The Morgan fingerprint density at radius 2 is 1.84 bits per heavy atom. The minimum absolute atomic E-state index is 0.167. The molecular weight excluding hydrogens is 598 g/mol. The van der Waals surface area contributed by atoms with Crippen LogP contribution < -0.4 is 10.6 Å². The molecule has 0 spiro atoms. The fourth-order valence-corrected chi connectivity index (χ4v) is 5.88. The first-order chi connectivity index (χ1) is 15.4. The normalized spacial score (nSPS) is 10.8. The van der Waals surface area contributed by atoms with Crippen LogP contribution in [0.25, 0.3) is 10.2 Å². The van der Waals surface area contributed by atoms with Crippen molar-refractivity contribution in [1.82, 2.24) is 4.98 Å². The van der Waals surface area contributed by atoms with Gasteiger partial charge in [-0.2, -0.15) is 0 Å². The number of thiazole rings is 1. The van der Waals surface area contributed by atoms with Gasteiger partial charge in [0.2, 0.25) is 5.91 Å². The van der Waals surface area contributed by atoms with E-state index in [0.29, 0.717) is 22.0 Å². The third-order valence-electron chi connectivity index (χ3n) is 4.28. The van der Waals surface area contributed by atoms with Crippen molar-refractivity contribution in [3.63, 3.8) is 0 Å². The van der Waals surface area contributed by atoms with E-state index in [0.717, 1.165) is 23.5 Å². The Balaban J connectivity index is 1.40. The van der Waals surface area contributed by atoms with Crippen molar-refractivity contribution in [2.45, 2.75) is 4.34 Å². The largest absolute Gasteiger partial charge is 0.324 e. The summed E-state index contributed by atoms with van der Waals surface area (Å²) in [5.74, 6) is -0.156. The number of anilines is 2. The molecule has 0 atom stereocenters. The van der Waals surface area contributed by atoms with Crippen molar-refractivity contribution >= 4 is 100.0 Å². The van der Waals surface area contributed by atoms with Gasteiger partial charge in [-0.05, 0) is 64.5 Å². The van der Waals surface area contributed by atoms with Gasteiger partial charge in [0.15, 0.2) is 4.34 Å². The zero-order chi connectivity index (χ0) is 22.7. The molecule has 2 N–H and O–H groups in total. The number of halogens is 3. The topological polar surface area (TPSA) is 71.1 Å². The highest BCUT2D eigenvalue weighted by Crippen LogP contribution is 2.32. The summed E-state index contributed by atoms with van der Waals surface area (Å²) in [5.41, 5.74) is 2.62. The molecule has 0 saturated heterocycles. The Bertz CT molecular complexity index is 1330. The number of carbonyl (C=O) groups excluding carboxylic acids is 2. The summed E-state index contributed by atoms with van der Waals surface area (Å²) in [7, 11) is 0. The summed E-state index contributed by atoms with van der Waals surface area (Å²) in [6, 6.07) is 18.1. The van der Waals surface area contributed by atoms with E-state index >= 15 is 0 Å². The quantitative estimate of drug-likeness (QED) is 0.222. The van der Waals surface area contributed by atoms with Gasteiger partial charge in [0.25, 0.3) is 5.91 Å². The molecule has 0 bridgehead atoms.